The van der Waals surface area contributed by atoms with Crippen molar-refractivity contribution in [2.24, 2.45) is 23.7 Å². The monoisotopic (exact) mass is 508 g/mol. The van der Waals surface area contributed by atoms with Gasteiger partial charge in [-0.05, 0) is 85.5 Å². The molecule has 2 aliphatic heterocycles. The zero-order valence-electron chi connectivity index (χ0n) is 23.3. The Morgan fingerprint density at radius 2 is 1.49 bits per heavy atom. The molecule has 0 N–H and O–H groups in total. The van der Waals surface area contributed by atoms with Gasteiger partial charge in [0, 0.05) is 17.2 Å². The second-order valence-electron chi connectivity index (χ2n) is 14.1. The molecule has 4 bridgehead atoms. The van der Waals surface area contributed by atoms with Crippen molar-refractivity contribution in [2.45, 2.75) is 120 Å². The van der Waals surface area contributed by atoms with Crippen LogP contribution in [0.3, 0.4) is 0 Å². The summed E-state index contributed by atoms with van der Waals surface area (Å²) in [6.07, 6.45) is 18.3. The highest BCUT2D eigenvalue weighted by molar-refractivity contribution is 5.53. The molecule has 2 heterocycles. The number of fused-ring (bicyclic) bond motifs is 4. The molecule has 37 heavy (non-hydrogen) atoms. The predicted molar refractivity (Wildman–Crippen MR) is 146 cm³/mol. The maximum absolute atomic E-state index is 6.63. The molecule has 4 aliphatic carbocycles. The molecule has 6 unspecified atom stereocenters. The fraction of sp³-hybridized carbons (Fsp3) is 0.818. The van der Waals surface area contributed by atoms with Crippen LogP contribution in [-0.2, 0) is 20.3 Å². The zero-order valence-corrected chi connectivity index (χ0v) is 23.3. The quantitative estimate of drug-likeness (QED) is 0.327. The molecule has 2 saturated heterocycles. The van der Waals surface area contributed by atoms with Gasteiger partial charge in [0.15, 0.2) is 0 Å². The lowest BCUT2D eigenvalue weighted by atomic mass is 9.54. The maximum atomic E-state index is 6.63. The van der Waals surface area contributed by atoms with Crippen LogP contribution in [0.15, 0.2) is 12.1 Å². The Kier molecular flexibility index (Phi) is 6.51. The first-order valence-corrected chi connectivity index (χ1v) is 15.7. The first-order valence-electron chi connectivity index (χ1n) is 15.7. The Morgan fingerprint density at radius 1 is 0.811 bits per heavy atom. The van der Waals surface area contributed by atoms with Gasteiger partial charge < -0.3 is 18.9 Å². The second-order valence-corrected chi connectivity index (χ2v) is 14.1. The minimum Gasteiger partial charge on any atom is -0.490 e. The lowest BCUT2D eigenvalue weighted by Crippen LogP contribution is -2.41. The Labute approximate surface area is 224 Å². The molecule has 1 aromatic rings. The molecule has 4 heteroatoms. The van der Waals surface area contributed by atoms with Crippen molar-refractivity contribution in [2.75, 3.05) is 26.4 Å². The summed E-state index contributed by atoms with van der Waals surface area (Å²) in [4.78, 5) is 0. The van der Waals surface area contributed by atoms with E-state index in [1.165, 1.54) is 94.6 Å². The maximum Gasteiger partial charge on any atom is 0.126 e. The average molecular weight is 509 g/mol. The fourth-order valence-electron chi connectivity index (χ4n) is 9.38. The van der Waals surface area contributed by atoms with Gasteiger partial charge in [-0.15, -0.1) is 0 Å². The standard InChI is InChI=1S/C33H48O4/c1-3-24-9-11-33(10-5-8-25(24)17-33)29-13-28(32(2)15-22-6-4-7-23(12-22)16-32)30(36-20-26-18-34-26)14-31(29)37-21-27-19-35-27/h13-14,22-27H,3-12,15-21H2,1-2H3/t22?,23?,24?,25?,26?,27?,32?,33-/m0/s1. The second kappa shape index (κ2) is 9.73. The summed E-state index contributed by atoms with van der Waals surface area (Å²) >= 11 is 0. The highest BCUT2D eigenvalue weighted by Gasteiger charge is 2.48. The van der Waals surface area contributed by atoms with Gasteiger partial charge in [-0.3, -0.25) is 0 Å². The molecule has 4 saturated carbocycles. The Morgan fingerprint density at radius 3 is 2.14 bits per heavy atom. The molecule has 0 amide bonds. The largest absolute Gasteiger partial charge is 0.490 e. The van der Waals surface area contributed by atoms with Crippen molar-refractivity contribution in [3.05, 3.63) is 23.3 Å². The van der Waals surface area contributed by atoms with E-state index in [2.05, 4.69) is 26.0 Å². The molecule has 6 fully saturated rings. The van der Waals surface area contributed by atoms with Gasteiger partial charge in [-0.1, -0.05) is 52.4 Å². The van der Waals surface area contributed by atoms with Crippen molar-refractivity contribution in [3.63, 3.8) is 0 Å². The van der Waals surface area contributed by atoms with E-state index in [0.29, 0.717) is 13.2 Å². The van der Waals surface area contributed by atoms with Gasteiger partial charge in [0.2, 0.25) is 0 Å². The molecule has 4 nitrogen and oxygen atoms in total. The van der Waals surface area contributed by atoms with Gasteiger partial charge in [-0.25, -0.2) is 0 Å². The van der Waals surface area contributed by atoms with Crippen LogP contribution in [0.5, 0.6) is 11.5 Å². The molecule has 7 atom stereocenters. The average Bonchev–Trinajstić information content (AvgIpc) is 3.81. The summed E-state index contributed by atoms with van der Waals surface area (Å²) in [6, 6.07) is 4.94. The SMILES string of the molecule is CCC1CC[C@@]2(c3cc(C4(C)CC5CCCC(C5)C4)c(OCC4CO4)cc3OCC3CO3)CCCC1C2. The third-order valence-electron chi connectivity index (χ3n) is 11.4. The topological polar surface area (TPSA) is 43.5 Å². The Bertz CT molecular complexity index is 969. The number of epoxide rings is 2. The van der Waals surface area contributed by atoms with E-state index < -0.39 is 0 Å². The van der Waals surface area contributed by atoms with E-state index in [-0.39, 0.29) is 23.0 Å². The number of benzene rings is 1. The van der Waals surface area contributed by atoms with E-state index in [1.807, 2.05) is 0 Å². The molecule has 0 spiro atoms. The Hall–Kier alpha value is -1.26. The van der Waals surface area contributed by atoms with Gasteiger partial charge >= 0.3 is 0 Å². The van der Waals surface area contributed by atoms with Gasteiger partial charge in [0.1, 0.15) is 36.9 Å². The summed E-state index contributed by atoms with van der Waals surface area (Å²) < 4.78 is 24.3. The van der Waals surface area contributed by atoms with E-state index >= 15 is 0 Å². The first-order chi connectivity index (χ1) is 18.0. The molecule has 0 aromatic heterocycles. The summed E-state index contributed by atoms with van der Waals surface area (Å²) in [7, 11) is 0. The van der Waals surface area contributed by atoms with E-state index in [0.717, 1.165) is 48.4 Å². The third kappa shape index (κ3) is 4.95. The van der Waals surface area contributed by atoms with E-state index in [9.17, 15) is 0 Å². The minimum absolute atomic E-state index is 0.186. The summed E-state index contributed by atoms with van der Waals surface area (Å²) in [5.41, 5.74) is 3.44. The van der Waals surface area contributed by atoms with Crippen molar-refractivity contribution in [1.82, 2.24) is 0 Å². The lowest BCUT2D eigenvalue weighted by Gasteiger charge is -2.50. The van der Waals surface area contributed by atoms with E-state index in [1.54, 1.807) is 0 Å². The zero-order chi connectivity index (χ0) is 25.0. The summed E-state index contributed by atoms with van der Waals surface area (Å²) in [6.45, 7) is 7.96. The van der Waals surface area contributed by atoms with Gasteiger partial charge in [-0.2, -0.15) is 0 Å². The van der Waals surface area contributed by atoms with Crippen LogP contribution in [0.1, 0.15) is 108 Å². The minimum atomic E-state index is 0.186. The fourth-order valence-corrected chi connectivity index (χ4v) is 9.38. The molecule has 7 rings (SSSR count). The van der Waals surface area contributed by atoms with Crippen molar-refractivity contribution >= 4 is 0 Å². The predicted octanol–water partition coefficient (Wildman–Crippen LogP) is 7.35. The normalized spacial score (nSPS) is 42.2. The smallest absolute Gasteiger partial charge is 0.126 e. The number of hydrogen-bond acceptors (Lipinski definition) is 4. The number of ether oxygens (including phenoxy) is 4. The highest BCUT2D eigenvalue weighted by atomic mass is 16.6. The van der Waals surface area contributed by atoms with Crippen LogP contribution >= 0.6 is 0 Å². The summed E-state index contributed by atoms with van der Waals surface area (Å²) in [5, 5.41) is 0. The van der Waals surface area contributed by atoms with Crippen LogP contribution in [0.2, 0.25) is 0 Å². The van der Waals surface area contributed by atoms with Gasteiger partial charge in [0.25, 0.3) is 0 Å². The molecule has 204 valence electrons. The van der Waals surface area contributed by atoms with Crippen LogP contribution < -0.4 is 9.47 Å². The van der Waals surface area contributed by atoms with E-state index in [4.69, 9.17) is 18.9 Å². The van der Waals surface area contributed by atoms with Crippen LogP contribution in [-0.4, -0.2) is 38.6 Å². The van der Waals surface area contributed by atoms with Crippen LogP contribution in [0, 0.1) is 23.7 Å². The number of hydrogen-bond donors (Lipinski definition) is 0. The highest BCUT2D eigenvalue weighted by Crippen LogP contribution is 2.58. The first kappa shape index (κ1) is 24.8. The summed E-state index contributed by atoms with van der Waals surface area (Å²) in [5.74, 6) is 5.69. The van der Waals surface area contributed by atoms with Crippen LogP contribution in [0.4, 0.5) is 0 Å². The van der Waals surface area contributed by atoms with Crippen molar-refractivity contribution < 1.29 is 18.9 Å². The third-order valence-corrected chi connectivity index (χ3v) is 11.4. The molecule has 6 aliphatic rings. The Balaban J connectivity index is 1.30. The molecule has 1 aromatic carbocycles. The molecular formula is C33H48O4. The van der Waals surface area contributed by atoms with Gasteiger partial charge in [0.05, 0.1) is 13.2 Å². The number of rotatable bonds is 9. The lowest BCUT2D eigenvalue weighted by molar-refractivity contribution is 0.0857. The van der Waals surface area contributed by atoms with Crippen molar-refractivity contribution in [1.29, 1.82) is 0 Å². The molecular weight excluding hydrogens is 460 g/mol. The van der Waals surface area contributed by atoms with Crippen LogP contribution in [0.25, 0.3) is 0 Å². The van der Waals surface area contributed by atoms with Crippen molar-refractivity contribution in [3.8, 4) is 11.5 Å². The molecule has 0 radical (unpaired) electrons.